The maximum absolute atomic E-state index is 3.61. The van der Waals surface area contributed by atoms with E-state index in [4.69, 9.17) is 0 Å². The van der Waals surface area contributed by atoms with Crippen LogP contribution < -0.4 is 5.32 Å². The van der Waals surface area contributed by atoms with E-state index in [0.29, 0.717) is 6.04 Å². The minimum Gasteiger partial charge on any atom is -0.311 e. The van der Waals surface area contributed by atoms with Crippen molar-refractivity contribution in [2.24, 2.45) is 0 Å². The normalized spacial score (nSPS) is 12.9. The van der Waals surface area contributed by atoms with Crippen molar-refractivity contribution in [2.45, 2.75) is 26.3 Å². The monoisotopic (exact) mass is 349 g/mol. The van der Waals surface area contributed by atoms with Crippen LogP contribution in [0.3, 0.4) is 0 Å². The minimum atomic E-state index is 0.420. The van der Waals surface area contributed by atoms with Gasteiger partial charge >= 0.3 is 0 Å². The van der Waals surface area contributed by atoms with E-state index < -0.39 is 0 Å². The summed E-state index contributed by atoms with van der Waals surface area (Å²) in [5.41, 5.74) is 1.26. The first-order valence-corrected chi connectivity index (χ1v) is 8.58. The van der Waals surface area contributed by atoms with Gasteiger partial charge in [-0.2, -0.15) is 0 Å². The molecule has 1 atom stereocenters. The molecule has 0 saturated heterocycles. The molecule has 3 heteroatoms. The van der Waals surface area contributed by atoms with Crippen LogP contribution in [-0.2, 0) is 0 Å². The summed E-state index contributed by atoms with van der Waals surface area (Å²) in [5.74, 6) is 0. The van der Waals surface area contributed by atoms with E-state index >= 15 is 0 Å². The van der Waals surface area contributed by atoms with Gasteiger partial charge in [-0.1, -0.05) is 47.1 Å². The van der Waals surface area contributed by atoms with Gasteiger partial charge < -0.3 is 5.32 Å². The lowest BCUT2D eigenvalue weighted by Gasteiger charge is -2.06. The van der Waals surface area contributed by atoms with Crippen LogP contribution in [0.4, 0.5) is 0 Å². The average molecular weight is 350 g/mol. The largest absolute Gasteiger partial charge is 0.311 e. The number of hydrogen-bond donors (Lipinski definition) is 1. The van der Waals surface area contributed by atoms with Crippen molar-refractivity contribution in [1.82, 2.24) is 5.32 Å². The summed E-state index contributed by atoms with van der Waals surface area (Å²) in [4.78, 5) is 2.59. The summed E-state index contributed by atoms with van der Waals surface area (Å²) in [6.07, 6.45) is 5.60. The predicted octanol–water partition coefficient (Wildman–Crippen LogP) is 5.58. The van der Waals surface area contributed by atoms with Crippen LogP contribution in [0, 0.1) is 0 Å². The molecule has 1 unspecified atom stereocenters. The fourth-order valence-electron chi connectivity index (χ4n) is 1.93. The second-order valence-corrected chi connectivity index (χ2v) is 6.75. The van der Waals surface area contributed by atoms with E-state index in [1.807, 2.05) is 17.4 Å². The third-order valence-corrected chi connectivity index (χ3v) is 4.81. The first-order chi connectivity index (χ1) is 9.70. The molecule has 2 rings (SSSR count). The lowest BCUT2D eigenvalue weighted by molar-refractivity contribution is 0.625. The summed E-state index contributed by atoms with van der Waals surface area (Å²) in [5, 5.41) is 3.46. The number of nitrogens with one attached hydrogen (secondary N) is 1. The lowest BCUT2D eigenvalue weighted by atomic mass is 10.2. The zero-order valence-corrected chi connectivity index (χ0v) is 14.3. The Morgan fingerprint density at radius 1 is 1.25 bits per heavy atom. The second kappa shape index (κ2) is 7.77. The molecule has 0 radical (unpaired) electrons. The molecule has 106 valence electrons. The Bertz CT molecular complexity index is 574. The number of hydrogen-bond acceptors (Lipinski definition) is 2. The van der Waals surface area contributed by atoms with Crippen molar-refractivity contribution in [1.29, 1.82) is 0 Å². The average Bonchev–Trinajstić information content (AvgIpc) is 2.92. The quantitative estimate of drug-likeness (QED) is 0.717. The topological polar surface area (TPSA) is 12.0 Å². The molecule has 1 aromatic heterocycles. The van der Waals surface area contributed by atoms with E-state index in [9.17, 15) is 0 Å². The van der Waals surface area contributed by atoms with Crippen LogP contribution in [0.2, 0.25) is 0 Å². The molecule has 1 aromatic carbocycles. The first-order valence-electron chi connectivity index (χ1n) is 6.97. The van der Waals surface area contributed by atoms with E-state index in [2.05, 4.69) is 77.6 Å². The van der Waals surface area contributed by atoms with Crippen LogP contribution in [-0.4, -0.2) is 12.6 Å². The molecule has 0 aliphatic rings. The Kier molecular flexibility index (Phi) is 6.02. The van der Waals surface area contributed by atoms with E-state index in [0.717, 1.165) is 11.0 Å². The van der Waals surface area contributed by atoms with Crippen molar-refractivity contribution < 1.29 is 0 Å². The molecule has 0 aliphatic carbocycles. The van der Waals surface area contributed by atoms with Gasteiger partial charge in [0.05, 0.1) is 0 Å². The first kappa shape index (κ1) is 15.5. The molecule has 0 amide bonds. The zero-order chi connectivity index (χ0) is 14.4. The molecule has 2 aromatic rings. The number of thiophene rings is 1. The Hall–Kier alpha value is -0.900. The fraction of sp³-hybridized carbons (Fsp3) is 0.294. The van der Waals surface area contributed by atoms with Gasteiger partial charge in [0.2, 0.25) is 0 Å². The van der Waals surface area contributed by atoms with Gasteiger partial charge in [0, 0.05) is 25.8 Å². The van der Waals surface area contributed by atoms with Gasteiger partial charge in [-0.05, 0) is 44.2 Å². The molecule has 1 N–H and O–H groups in total. The van der Waals surface area contributed by atoms with Gasteiger partial charge in [-0.3, -0.25) is 0 Å². The molecule has 0 spiro atoms. The van der Waals surface area contributed by atoms with Gasteiger partial charge in [0.25, 0.3) is 0 Å². The molecule has 20 heavy (non-hydrogen) atoms. The van der Waals surface area contributed by atoms with Gasteiger partial charge in [0.15, 0.2) is 0 Å². The van der Waals surface area contributed by atoms with Crippen LogP contribution in [0.5, 0.6) is 0 Å². The third-order valence-electron chi connectivity index (χ3n) is 3.03. The highest BCUT2D eigenvalue weighted by Crippen LogP contribution is 2.33. The van der Waals surface area contributed by atoms with E-state index in [-0.39, 0.29) is 0 Å². The Labute approximate surface area is 133 Å². The number of rotatable bonds is 6. The molecule has 0 fully saturated rings. The van der Waals surface area contributed by atoms with Gasteiger partial charge in [-0.15, -0.1) is 11.3 Å². The van der Waals surface area contributed by atoms with E-state index in [1.165, 1.54) is 21.7 Å². The maximum Gasteiger partial charge on any atom is 0.0360 e. The third kappa shape index (κ3) is 4.30. The molecule has 0 saturated carbocycles. The van der Waals surface area contributed by atoms with Crippen molar-refractivity contribution in [3.8, 4) is 10.4 Å². The van der Waals surface area contributed by atoms with E-state index in [1.54, 1.807) is 0 Å². The summed E-state index contributed by atoms with van der Waals surface area (Å²) in [7, 11) is 0. The summed E-state index contributed by atoms with van der Waals surface area (Å²) >= 11 is 5.43. The second-order valence-electron chi connectivity index (χ2n) is 4.78. The molecular formula is C17H20BrNS. The molecule has 0 aliphatic heterocycles. The predicted molar refractivity (Wildman–Crippen MR) is 94.2 cm³/mol. The summed E-state index contributed by atoms with van der Waals surface area (Å²) in [6.45, 7) is 5.44. The van der Waals surface area contributed by atoms with Crippen LogP contribution in [0.1, 0.15) is 25.1 Å². The van der Waals surface area contributed by atoms with Gasteiger partial charge in [0.1, 0.15) is 0 Å². The summed E-state index contributed by atoms with van der Waals surface area (Å²) in [6, 6.07) is 13.1. The van der Waals surface area contributed by atoms with Crippen LogP contribution in [0.15, 0.2) is 46.9 Å². The smallest absolute Gasteiger partial charge is 0.0360 e. The highest BCUT2D eigenvalue weighted by atomic mass is 79.9. The standard InChI is InChI=1S/C17H20BrNS/c1-3-12-19-13(2)8-9-14-10-11-17(20-14)15-6-4-5-7-16(15)18/h4-11,13,19H,3,12H2,1-2H3/b9-8+. The Morgan fingerprint density at radius 2 is 2.05 bits per heavy atom. The number of halogens is 1. The lowest BCUT2D eigenvalue weighted by Crippen LogP contribution is -2.24. The minimum absolute atomic E-state index is 0.420. The molecule has 1 heterocycles. The molecule has 0 bridgehead atoms. The van der Waals surface area contributed by atoms with Crippen molar-refractivity contribution in [3.05, 3.63) is 51.8 Å². The zero-order valence-electron chi connectivity index (χ0n) is 11.9. The Morgan fingerprint density at radius 3 is 2.80 bits per heavy atom. The Balaban J connectivity index is 2.06. The molecule has 1 nitrogen and oxygen atoms in total. The maximum atomic E-state index is 3.61. The van der Waals surface area contributed by atoms with Crippen molar-refractivity contribution in [3.63, 3.8) is 0 Å². The fourth-order valence-corrected chi connectivity index (χ4v) is 3.52. The highest BCUT2D eigenvalue weighted by molar-refractivity contribution is 9.10. The van der Waals surface area contributed by atoms with Gasteiger partial charge in [-0.25, -0.2) is 0 Å². The number of benzene rings is 1. The van der Waals surface area contributed by atoms with Crippen LogP contribution in [0.25, 0.3) is 16.5 Å². The van der Waals surface area contributed by atoms with Crippen LogP contribution >= 0.6 is 27.3 Å². The van der Waals surface area contributed by atoms with Crippen molar-refractivity contribution >= 4 is 33.3 Å². The highest BCUT2D eigenvalue weighted by Gasteiger charge is 2.04. The van der Waals surface area contributed by atoms with Crippen molar-refractivity contribution in [2.75, 3.05) is 6.54 Å². The molecular weight excluding hydrogens is 330 g/mol. The SMILES string of the molecule is CCCNC(C)/C=C/c1ccc(-c2ccccc2Br)s1. The summed E-state index contributed by atoms with van der Waals surface area (Å²) < 4.78 is 1.15.